The van der Waals surface area contributed by atoms with Gasteiger partial charge in [0.15, 0.2) is 11.5 Å². The molecule has 0 atom stereocenters. The Kier molecular flexibility index (Phi) is 7.74. The van der Waals surface area contributed by atoms with E-state index in [9.17, 15) is 4.79 Å². The Morgan fingerprint density at radius 1 is 1.07 bits per heavy atom. The maximum Gasteiger partial charge on any atom is 0.248 e. The number of benzene rings is 2. The lowest BCUT2D eigenvalue weighted by Gasteiger charge is -2.10. The largest absolute Gasteiger partial charge is 0.493 e. The molecule has 0 bridgehead atoms. The van der Waals surface area contributed by atoms with E-state index >= 15 is 0 Å². The first-order valence-corrected chi connectivity index (χ1v) is 9.04. The minimum atomic E-state index is -0.210. The maximum absolute atomic E-state index is 12.1. The zero-order chi connectivity index (χ0) is 19.6. The highest BCUT2D eigenvalue weighted by Gasteiger charge is 2.05. The van der Waals surface area contributed by atoms with Crippen molar-refractivity contribution < 1.29 is 19.0 Å². The molecule has 1 amide bonds. The van der Waals surface area contributed by atoms with Crippen LogP contribution in [0.1, 0.15) is 26.3 Å². The van der Waals surface area contributed by atoms with E-state index in [-0.39, 0.29) is 5.91 Å². The van der Waals surface area contributed by atoms with Crippen LogP contribution in [-0.2, 0) is 4.79 Å². The first-order valence-electron chi connectivity index (χ1n) is 9.04. The van der Waals surface area contributed by atoms with E-state index in [0.717, 1.165) is 11.3 Å². The Morgan fingerprint density at radius 3 is 2.44 bits per heavy atom. The third-order valence-corrected chi connectivity index (χ3v) is 3.62. The molecule has 2 rings (SSSR count). The highest BCUT2D eigenvalue weighted by molar-refractivity contribution is 6.01. The molecule has 1 N–H and O–H groups in total. The molecule has 0 aromatic heterocycles. The van der Waals surface area contributed by atoms with E-state index in [1.54, 1.807) is 13.2 Å². The van der Waals surface area contributed by atoms with E-state index in [2.05, 4.69) is 19.2 Å². The minimum absolute atomic E-state index is 0.210. The predicted octanol–water partition coefficient (Wildman–Crippen LogP) is 4.78. The van der Waals surface area contributed by atoms with Gasteiger partial charge in [-0.25, -0.2) is 0 Å². The Labute approximate surface area is 161 Å². The summed E-state index contributed by atoms with van der Waals surface area (Å²) in [7, 11) is 1.59. The molecule has 5 nitrogen and oxygen atoms in total. The van der Waals surface area contributed by atoms with Crippen LogP contribution in [-0.4, -0.2) is 26.2 Å². The molecule has 27 heavy (non-hydrogen) atoms. The van der Waals surface area contributed by atoms with Crippen LogP contribution >= 0.6 is 0 Å². The molecule has 0 aliphatic carbocycles. The third-order valence-electron chi connectivity index (χ3n) is 3.62. The molecule has 0 aliphatic heterocycles. The number of methoxy groups -OCH3 is 1. The Morgan fingerprint density at radius 2 is 1.81 bits per heavy atom. The first-order chi connectivity index (χ1) is 13.0. The number of rotatable bonds is 9. The molecule has 0 heterocycles. The van der Waals surface area contributed by atoms with Crippen LogP contribution < -0.4 is 19.5 Å². The van der Waals surface area contributed by atoms with E-state index < -0.39 is 0 Å². The van der Waals surface area contributed by atoms with Crippen LogP contribution in [0.3, 0.4) is 0 Å². The second-order valence-electron chi connectivity index (χ2n) is 6.40. The van der Waals surface area contributed by atoms with Gasteiger partial charge in [-0.15, -0.1) is 0 Å². The van der Waals surface area contributed by atoms with Crippen molar-refractivity contribution in [1.82, 2.24) is 0 Å². The fourth-order valence-electron chi connectivity index (χ4n) is 2.32. The number of anilines is 1. The number of hydrogen-bond donors (Lipinski definition) is 1. The van der Waals surface area contributed by atoms with Crippen LogP contribution in [0, 0.1) is 5.92 Å². The van der Waals surface area contributed by atoms with Gasteiger partial charge in [0.2, 0.25) is 5.91 Å². The van der Waals surface area contributed by atoms with Gasteiger partial charge in [0, 0.05) is 11.8 Å². The molecule has 144 valence electrons. The van der Waals surface area contributed by atoms with Crippen molar-refractivity contribution in [2.45, 2.75) is 20.8 Å². The van der Waals surface area contributed by atoms with Crippen molar-refractivity contribution in [2.24, 2.45) is 5.92 Å². The summed E-state index contributed by atoms with van der Waals surface area (Å²) in [4.78, 5) is 12.1. The van der Waals surface area contributed by atoms with Crippen molar-refractivity contribution in [3.8, 4) is 17.2 Å². The normalized spacial score (nSPS) is 10.9. The fourth-order valence-corrected chi connectivity index (χ4v) is 2.32. The monoisotopic (exact) mass is 369 g/mol. The number of hydrogen-bond acceptors (Lipinski definition) is 4. The molecule has 0 radical (unpaired) electrons. The summed E-state index contributed by atoms with van der Waals surface area (Å²) in [6, 6.07) is 12.9. The highest BCUT2D eigenvalue weighted by atomic mass is 16.5. The van der Waals surface area contributed by atoms with Gasteiger partial charge in [-0.2, -0.15) is 0 Å². The lowest BCUT2D eigenvalue weighted by molar-refractivity contribution is -0.111. The standard InChI is InChI=1S/C22H27NO4/c1-5-26-20-12-6-17(14-21(20)25-4)7-13-22(24)23-18-8-10-19(11-9-18)27-15-16(2)3/h6-14,16H,5,15H2,1-4H3,(H,23,24)/b13-7+. The molecule has 0 unspecified atom stereocenters. The third kappa shape index (κ3) is 6.70. The Hall–Kier alpha value is -2.95. The summed E-state index contributed by atoms with van der Waals surface area (Å²) in [6.45, 7) is 7.34. The molecule has 0 saturated carbocycles. The number of ether oxygens (including phenoxy) is 3. The van der Waals surface area contributed by atoms with Gasteiger partial charge >= 0.3 is 0 Å². The quantitative estimate of drug-likeness (QED) is 0.646. The molecule has 2 aromatic carbocycles. The van der Waals surface area contributed by atoms with Gasteiger partial charge in [0.1, 0.15) is 5.75 Å². The molecule has 5 heteroatoms. The maximum atomic E-state index is 12.1. The number of amides is 1. The van der Waals surface area contributed by atoms with Gasteiger partial charge in [-0.1, -0.05) is 19.9 Å². The highest BCUT2D eigenvalue weighted by Crippen LogP contribution is 2.28. The molecule has 2 aromatic rings. The van der Waals surface area contributed by atoms with Crippen molar-refractivity contribution >= 4 is 17.7 Å². The second kappa shape index (κ2) is 10.3. The van der Waals surface area contributed by atoms with Gasteiger partial charge in [-0.05, 0) is 60.9 Å². The van der Waals surface area contributed by atoms with Gasteiger partial charge < -0.3 is 19.5 Å². The van der Waals surface area contributed by atoms with E-state index in [0.29, 0.717) is 36.3 Å². The summed E-state index contributed by atoms with van der Waals surface area (Å²) in [6.07, 6.45) is 3.21. The zero-order valence-corrected chi connectivity index (χ0v) is 16.3. The van der Waals surface area contributed by atoms with Crippen LogP contribution in [0.5, 0.6) is 17.2 Å². The molecule has 0 spiro atoms. The Bertz CT molecular complexity index is 766. The van der Waals surface area contributed by atoms with E-state index in [1.807, 2.05) is 49.4 Å². The molecule has 0 saturated heterocycles. The first kappa shape index (κ1) is 20.4. The molecular weight excluding hydrogens is 342 g/mol. The van der Waals surface area contributed by atoms with Gasteiger partial charge in [0.05, 0.1) is 20.3 Å². The smallest absolute Gasteiger partial charge is 0.248 e. The van der Waals surface area contributed by atoms with Gasteiger partial charge in [-0.3, -0.25) is 4.79 Å². The van der Waals surface area contributed by atoms with Crippen LogP contribution in [0.15, 0.2) is 48.5 Å². The van der Waals surface area contributed by atoms with Gasteiger partial charge in [0.25, 0.3) is 0 Å². The SMILES string of the molecule is CCOc1ccc(/C=C/C(=O)Nc2ccc(OCC(C)C)cc2)cc1OC. The summed E-state index contributed by atoms with van der Waals surface area (Å²) in [5.41, 5.74) is 1.56. The van der Waals surface area contributed by atoms with E-state index in [4.69, 9.17) is 14.2 Å². The second-order valence-corrected chi connectivity index (χ2v) is 6.40. The van der Waals surface area contributed by atoms with Crippen molar-refractivity contribution in [2.75, 3.05) is 25.6 Å². The lowest BCUT2D eigenvalue weighted by Crippen LogP contribution is -2.08. The van der Waals surface area contributed by atoms with E-state index in [1.165, 1.54) is 6.08 Å². The summed E-state index contributed by atoms with van der Waals surface area (Å²) >= 11 is 0. The minimum Gasteiger partial charge on any atom is -0.493 e. The predicted molar refractivity (Wildman–Crippen MR) is 109 cm³/mol. The summed E-state index contributed by atoms with van der Waals surface area (Å²) in [5, 5.41) is 2.83. The average molecular weight is 369 g/mol. The number of nitrogens with one attached hydrogen (secondary N) is 1. The van der Waals surface area contributed by atoms with Crippen LogP contribution in [0.4, 0.5) is 5.69 Å². The average Bonchev–Trinajstić information content (AvgIpc) is 2.66. The topological polar surface area (TPSA) is 56.8 Å². The molecular formula is C22H27NO4. The summed E-state index contributed by atoms with van der Waals surface area (Å²) < 4.78 is 16.4. The van der Waals surface area contributed by atoms with Crippen molar-refractivity contribution in [3.05, 3.63) is 54.1 Å². The van der Waals surface area contributed by atoms with Crippen molar-refractivity contribution in [1.29, 1.82) is 0 Å². The Balaban J connectivity index is 1.94. The lowest BCUT2D eigenvalue weighted by atomic mass is 10.2. The van der Waals surface area contributed by atoms with Crippen molar-refractivity contribution in [3.63, 3.8) is 0 Å². The summed E-state index contributed by atoms with van der Waals surface area (Å²) in [5.74, 6) is 2.37. The number of carbonyl (C=O) groups is 1. The van der Waals surface area contributed by atoms with Crippen LogP contribution in [0.2, 0.25) is 0 Å². The fraction of sp³-hybridized carbons (Fsp3) is 0.318. The number of carbonyl (C=O) groups excluding carboxylic acids is 1. The van der Waals surface area contributed by atoms with Crippen LogP contribution in [0.25, 0.3) is 6.08 Å². The zero-order valence-electron chi connectivity index (χ0n) is 16.3. The molecule has 0 aliphatic rings. The molecule has 0 fully saturated rings.